The van der Waals surface area contributed by atoms with Crippen LogP contribution in [0.1, 0.15) is 30.2 Å². The average molecular weight is 505 g/mol. The maximum absolute atomic E-state index is 13.4. The lowest BCUT2D eigenvalue weighted by molar-refractivity contribution is -0.137. The zero-order valence-corrected chi connectivity index (χ0v) is 20.1. The molecule has 1 saturated heterocycles. The Morgan fingerprint density at radius 1 is 1.24 bits per heavy atom. The normalized spacial score (nSPS) is 18.5. The number of alkyl halides is 3. The van der Waals surface area contributed by atoms with Gasteiger partial charge < -0.3 is 4.90 Å². The fourth-order valence-corrected chi connectivity index (χ4v) is 5.59. The van der Waals surface area contributed by atoms with Crippen LogP contribution in [-0.4, -0.2) is 49.8 Å². The Morgan fingerprint density at radius 2 is 1.91 bits per heavy atom. The van der Waals surface area contributed by atoms with Gasteiger partial charge in [0.1, 0.15) is 11.9 Å². The molecule has 2 heterocycles. The number of aromatic nitrogens is 1. The Hall–Kier alpha value is -2.37. The van der Waals surface area contributed by atoms with Crippen molar-refractivity contribution in [2.45, 2.75) is 39.4 Å². The minimum absolute atomic E-state index is 0.0168. The van der Waals surface area contributed by atoms with Crippen molar-refractivity contribution in [2.75, 3.05) is 29.3 Å². The smallest absolute Gasteiger partial charge is 0.314 e. The highest BCUT2D eigenvalue weighted by Crippen LogP contribution is 2.36. The number of aryl methyl sites for hydroxylation is 2. The van der Waals surface area contributed by atoms with Gasteiger partial charge in [-0.05, 0) is 56.2 Å². The molecule has 3 rings (SSSR count). The van der Waals surface area contributed by atoms with Crippen LogP contribution >= 0.6 is 11.6 Å². The largest absolute Gasteiger partial charge is 0.416 e. The summed E-state index contributed by atoms with van der Waals surface area (Å²) in [4.78, 5) is 18.8. The van der Waals surface area contributed by atoms with Gasteiger partial charge in [-0.25, -0.2) is 9.29 Å². The van der Waals surface area contributed by atoms with Gasteiger partial charge in [-0.3, -0.25) is 4.79 Å². The second kappa shape index (κ2) is 9.11. The van der Waals surface area contributed by atoms with Crippen molar-refractivity contribution in [3.63, 3.8) is 0 Å². The SMILES string of the molecule is CCCN1C[C@@H](C(=O)N(C)c2ccc(Cl)c(C)c2)N(c2cc(C(F)(F)F)cc(C)n2)S1(=O)=O. The average Bonchev–Trinajstić information content (AvgIpc) is 2.98. The number of hydrogen-bond acceptors (Lipinski definition) is 4. The lowest BCUT2D eigenvalue weighted by Crippen LogP contribution is -2.47. The van der Waals surface area contributed by atoms with Gasteiger partial charge >= 0.3 is 16.4 Å². The molecule has 1 aliphatic rings. The Balaban J connectivity index is 2.10. The molecule has 1 atom stereocenters. The molecule has 180 valence electrons. The fourth-order valence-electron chi connectivity index (χ4n) is 3.67. The Labute approximate surface area is 195 Å². The molecule has 1 aromatic carbocycles. The molecule has 0 aliphatic carbocycles. The third kappa shape index (κ3) is 4.95. The number of likely N-dealkylation sites (N-methyl/N-ethyl adjacent to an activating group) is 1. The molecule has 0 N–H and O–H groups in total. The van der Waals surface area contributed by atoms with E-state index in [1.807, 2.05) is 0 Å². The van der Waals surface area contributed by atoms with Crippen LogP contribution in [0.2, 0.25) is 5.02 Å². The number of nitrogens with zero attached hydrogens (tertiary/aromatic N) is 4. The molecule has 0 saturated carbocycles. The van der Waals surface area contributed by atoms with Gasteiger partial charge in [-0.2, -0.15) is 25.9 Å². The standard InChI is InChI=1S/C21H24ClF3N4O3S/c1-5-8-28-12-18(20(30)27(4)16-6-7-17(22)13(2)9-16)29(33(28,31)32)19-11-15(21(23,24)25)10-14(3)26-19/h6-7,9-11,18H,5,8,12H2,1-4H3/t18-/m0/s1. The summed E-state index contributed by atoms with van der Waals surface area (Å²) in [7, 11) is -2.80. The molecule has 1 aliphatic heterocycles. The first kappa shape index (κ1) is 25.3. The molecule has 0 unspecified atom stereocenters. The van der Waals surface area contributed by atoms with E-state index in [1.165, 1.54) is 18.9 Å². The maximum atomic E-state index is 13.4. The number of carbonyl (C=O) groups excluding carboxylic acids is 1. The number of benzene rings is 1. The van der Waals surface area contributed by atoms with Gasteiger partial charge in [-0.1, -0.05) is 18.5 Å². The van der Waals surface area contributed by atoms with Crippen LogP contribution in [0.4, 0.5) is 24.7 Å². The molecule has 0 bridgehead atoms. The van der Waals surface area contributed by atoms with Crippen molar-refractivity contribution in [3.05, 3.63) is 52.2 Å². The highest BCUT2D eigenvalue weighted by atomic mass is 35.5. The summed E-state index contributed by atoms with van der Waals surface area (Å²) >= 11 is 6.06. The first-order chi connectivity index (χ1) is 15.3. The molecular weight excluding hydrogens is 481 g/mol. The third-order valence-electron chi connectivity index (χ3n) is 5.34. The lowest BCUT2D eigenvalue weighted by atomic mass is 10.1. The minimum Gasteiger partial charge on any atom is -0.314 e. The molecule has 1 aromatic heterocycles. The summed E-state index contributed by atoms with van der Waals surface area (Å²) in [6, 6.07) is 5.09. The van der Waals surface area contributed by atoms with Crippen molar-refractivity contribution in [2.24, 2.45) is 0 Å². The van der Waals surface area contributed by atoms with Crippen LogP contribution < -0.4 is 9.21 Å². The molecule has 0 spiro atoms. The van der Waals surface area contributed by atoms with E-state index < -0.39 is 39.7 Å². The number of pyridine rings is 1. The third-order valence-corrected chi connectivity index (χ3v) is 7.69. The summed E-state index contributed by atoms with van der Waals surface area (Å²) in [5.74, 6) is -1.05. The first-order valence-electron chi connectivity index (χ1n) is 10.2. The van der Waals surface area contributed by atoms with Crippen LogP contribution in [-0.2, 0) is 21.2 Å². The van der Waals surface area contributed by atoms with Crippen LogP contribution in [0.5, 0.6) is 0 Å². The second-order valence-corrected chi connectivity index (χ2v) is 10.1. The van der Waals surface area contributed by atoms with Crippen molar-refractivity contribution in [3.8, 4) is 0 Å². The van der Waals surface area contributed by atoms with Gasteiger partial charge in [0.25, 0.3) is 5.91 Å². The highest BCUT2D eigenvalue weighted by Gasteiger charge is 2.49. The van der Waals surface area contributed by atoms with Crippen LogP contribution in [0.25, 0.3) is 0 Å². The van der Waals surface area contributed by atoms with E-state index >= 15 is 0 Å². The number of hydrogen-bond donors (Lipinski definition) is 0. The zero-order valence-electron chi connectivity index (χ0n) is 18.5. The topological polar surface area (TPSA) is 73.8 Å². The molecular formula is C21H24ClF3N4O3S. The van der Waals surface area contributed by atoms with Gasteiger partial charge in [0.15, 0.2) is 0 Å². The number of rotatable bonds is 5. The van der Waals surface area contributed by atoms with Crippen LogP contribution in [0.3, 0.4) is 0 Å². The lowest BCUT2D eigenvalue weighted by Gasteiger charge is -2.27. The molecule has 7 nitrogen and oxygen atoms in total. The Bertz CT molecular complexity index is 1170. The van der Waals surface area contributed by atoms with E-state index in [9.17, 15) is 26.4 Å². The Kier molecular flexibility index (Phi) is 6.97. The summed E-state index contributed by atoms with van der Waals surface area (Å²) in [6.45, 7) is 4.77. The highest BCUT2D eigenvalue weighted by molar-refractivity contribution is 7.90. The van der Waals surface area contributed by atoms with Crippen molar-refractivity contribution in [1.82, 2.24) is 9.29 Å². The van der Waals surface area contributed by atoms with Gasteiger partial charge in [0.2, 0.25) is 0 Å². The van der Waals surface area contributed by atoms with E-state index in [-0.39, 0.29) is 18.8 Å². The summed E-state index contributed by atoms with van der Waals surface area (Å²) in [6.07, 6.45) is -4.23. The van der Waals surface area contributed by atoms with E-state index in [2.05, 4.69) is 4.98 Å². The van der Waals surface area contributed by atoms with Crippen molar-refractivity contribution in [1.29, 1.82) is 0 Å². The minimum atomic E-state index is -4.70. The zero-order chi connectivity index (χ0) is 24.7. The second-order valence-electron chi connectivity index (χ2n) is 7.86. The predicted molar refractivity (Wildman–Crippen MR) is 121 cm³/mol. The van der Waals surface area contributed by atoms with Crippen LogP contribution in [0, 0.1) is 13.8 Å². The van der Waals surface area contributed by atoms with E-state index in [4.69, 9.17) is 11.6 Å². The maximum Gasteiger partial charge on any atom is 0.416 e. The van der Waals surface area contributed by atoms with Crippen LogP contribution in [0.15, 0.2) is 30.3 Å². The van der Waals surface area contributed by atoms with Crippen molar-refractivity contribution >= 4 is 39.2 Å². The van der Waals surface area contributed by atoms with Gasteiger partial charge in [0, 0.05) is 36.5 Å². The Morgan fingerprint density at radius 3 is 2.48 bits per heavy atom. The molecule has 1 amide bonds. The molecule has 12 heteroatoms. The number of carbonyl (C=O) groups is 1. The van der Waals surface area contributed by atoms with Gasteiger partial charge in [0.05, 0.1) is 5.56 Å². The number of amides is 1. The summed E-state index contributed by atoms with van der Waals surface area (Å²) in [5, 5.41) is 0.502. The first-order valence-corrected chi connectivity index (χ1v) is 11.9. The number of halogens is 4. The van der Waals surface area contributed by atoms with E-state index in [0.29, 0.717) is 33.1 Å². The van der Waals surface area contributed by atoms with E-state index in [0.717, 1.165) is 10.4 Å². The van der Waals surface area contributed by atoms with E-state index in [1.54, 1.807) is 32.0 Å². The molecule has 2 aromatic rings. The quantitative estimate of drug-likeness (QED) is 0.612. The predicted octanol–water partition coefficient (Wildman–Crippen LogP) is 4.18. The fraction of sp³-hybridized carbons (Fsp3) is 0.429. The van der Waals surface area contributed by atoms with Gasteiger partial charge in [-0.15, -0.1) is 0 Å². The summed E-state index contributed by atoms with van der Waals surface area (Å²) < 4.78 is 68.6. The number of anilines is 2. The summed E-state index contributed by atoms with van der Waals surface area (Å²) in [5.41, 5.74) is 0.132. The monoisotopic (exact) mass is 504 g/mol. The molecule has 33 heavy (non-hydrogen) atoms. The van der Waals surface area contributed by atoms with Crippen molar-refractivity contribution < 1.29 is 26.4 Å². The molecule has 1 fully saturated rings. The molecule has 0 radical (unpaired) electrons.